The van der Waals surface area contributed by atoms with Crippen LogP contribution >= 0.6 is 0 Å². The van der Waals surface area contributed by atoms with Crippen LogP contribution in [0.15, 0.2) is 36.4 Å². The second kappa shape index (κ2) is 11.3. The Labute approximate surface area is 194 Å². The van der Waals surface area contributed by atoms with Gasteiger partial charge in [0.2, 0.25) is 11.8 Å². The molecule has 1 heterocycles. The number of ether oxygens (including phenoxy) is 2. The average molecular weight is 462 g/mol. The molecule has 33 heavy (non-hydrogen) atoms. The summed E-state index contributed by atoms with van der Waals surface area (Å²) in [6.45, 7) is 5.60. The van der Waals surface area contributed by atoms with Crippen molar-refractivity contribution in [3.63, 3.8) is 0 Å². The number of nitrogens with one attached hydrogen (secondary N) is 1. The predicted octanol–water partition coefficient (Wildman–Crippen LogP) is 6.47. The van der Waals surface area contributed by atoms with Gasteiger partial charge in [0.25, 0.3) is 6.43 Å². The predicted molar refractivity (Wildman–Crippen MR) is 126 cm³/mol. The Balaban J connectivity index is 1.94. The molecule has 8 heteroatoms. The van der Waals surface area contributed by atoms with Gasteiger partial charge in [0.15, 0.2) is 6.61 Å². The first-order valence-corrected chi connectivity index (χ1v) is 11.4. The summed E-state index contributed by atoms with van der Waals surface area (Å²) in [6.07, 6.45) is 1.23. The first-order valence-electron chi connectivity index (χ1n) is 11.4. The van der Waals surface area contributed by atoms with E-state index in [1.807, 2.05) is 29.2 Å². The highest BCUT2D eigenvalue weighted by Crippen LogP contribution is 2.35. The van der Waals surface area contributed by atoms with Crippen LogP contribution < -0.4 is 19.7 Å². The van der Waals surface area contributed by atoms with E-state index in [9.17, 15) is 13.6 Å². The van der Waals surface area contributed by atoms with Crippen molar-refractivity contribution in [2.24, 2.45) is 5.92 Å². The number of aromatic nitrogens is 1. The second-order valence-corrected chi connectivity index (χ2v) is 8.84. The lowest BCUT2D eigenvalue weighted by atomic mass is 9.86. The summed E-state index contributed by atoms with van der Waals surface area (Å²) in [5.41, 5.74) is 2.16. The number of methoxy groups -OCH3 is 1. The second-order valence-electron chi connectivity index (χ2n) is 8.84. The van der Waals surface area contributed by atoms with Gasteiger partial charge in [-0.15, -0.1) is 0 Å². The van der Waals surface area contributed by atoms with Gasteiger partial charge in [-0.25, -0.2) is 13.6 Å². The molecular weight excluding hydrogens is 428 g/mol. The van der Waals surface area contributed by atoms with Crippen LogP contribution in [0, 0.1) is 5.92 Å². The number of carbonyl (C=O) groups is 1. The average Bonchev–Trinajstić information content (AvgIpc) is 2.80. The number of nitrogens with zero attached hydrogens (tertiary/aromatic N) is 2. The van der Waals surface area contributed by atoms with Crippen molar-refractivity contribution in [3.05, 3.63) is 42.0 Å². The SMILES string of the molecule is COc1ccc(NC(=O)N(c2ccccc2C(C)C)C2CCC(C)CC2)c(OCC(F)F)n1. The number of hydrogen-bond acceptors (Lipinski definition) is 4. The van der Waals surface area contributed by atoms with E-state index in [0.717, 1.165) is 36.9 Å². The summed E-state index contributed by atoms with van der Waals surface area (Å²) in [5, 5.41) is 2.86. The van der Waals surface area contributed by atoms with Crippen LogP contribution in [0.2, 0.25) is 0 Å². The summed E-state index contributed by atoms with van der Waals surface area (Å²) < 4.78 is 35.8. The third kappa shape index (κ3) is 6.33. The van der Waals surface area contributed by atoms with Crippen LogP contribution in [0.25, 0.3) is 0 Å². The fourth-order valence-corrected chi connectivity index (χ4v) is 4.23. The molecule has 1 aromatic heterocycles. The number of urea groups is 1. The number of hydrogen-bond donors (Lipinski definition) is 1. The number of halogens is 2. The van der Waals surface area contributed by atoms with Crippen molar-refractivity contribution in [1.82, 2.24) is 4.98 Å². The van der Waals surface area contributed by atoms with Gasteiger partial charge in [0.05, 0.1) is 7.11 Å². The molecule has 1 aromatic carbocycles. The quantitative estimate of drug-likeness (QED) is 0.489. The number of benzene rings is 1. The van der Waals surface area contributed by atoms with Crippen molar-refractivity contribution < 1.29 is 23.0 Å². The summed E-state index contributed by atoms with van der Waals surface area (Å²) in [7, 11) is 1.42. The van der Waals surface area contributed by atoms with Crippen molar-refractivity contribution in [2.75, 3.05) is 23.9 Å². The van der Waals surface area contributed by atoms with Crippen molar-refractivity contribution in [2.45, 2.75) is 64.8 Å². The highest BCUT2D eigenvalue weighted by atomic mass is 19.3. The van der Waals surface area contributed by atoms with Gasteiger partial charge in [0.1, 0.15) is 5.69 Å². The molecule has 2 amide bonds. The number of anilines is 2. The normalized spacial score (nSPS) is 18.3. The van der Waals surface area contributed by atoms with E-state index in [1.54, 1.807) is 12.1 Å². The Morgan fingerprint density at radius 3 is 2.48 bits per heavy atom. The Bertz CT molecular complexity index is 931. The minimum Gasteiger partial charge on any atom is -0.481 e. The number of rotatable bonds is 8. The highest BCUT2D eigenvalue weighted by Gasteiger charge is 2.31. The molecule has 3 rings (SSSR count). The first-order chi connectivity index (χ1) is 15.8. The van der Waals surface area contributed by atoms with E-state index in [1.165, 1.54) is 7.11 Å². The Hall–Kier alpha value is -2.90. The van der Waals surface area contributed by atoms with Gasteiger partial charge in [-0.05, 0) is 55.2 Å². The molecular formula is C25H33F2N3O3. The molecule has 2 aromatic rings. The minimum absolute atomic E-state index is 0.0396. The molecule has 0 radical (unpaired) electrons. The molecule has 1 saturated carbocycles. The van der Waals surface area contributed by atoms with Crippen molar-refractivity contribution in [1.29, 1.82) is 0 Å². The first kappa shape index (κ1) is 24.7. The molecule has 1 aliphatic carbocycles. The molecule has 6 nitrogen and oxygen atoms in total. The Morgan fingerprint density at radius 2 is 1.85 bits per heavy atom. The monoisotopic (exact) mass is 461 g/mol. The summed E-state index contributed by atoms with van der Waals surface area (Å²) in [5.74, 6) is 0.969. The maximum absolute atomic E-state index is 13.7. The van der Waals surface area contributed by atoms with Crippen LogP contribution in [-0.2, 0) is 0 Å². The molecule has 0 unspecified atom stereocenters. The fraction of sp³-hybridized carbons (Fsp3) is 0.520. The molecule has 180 valence electrons. The number of alkyl halides is 2. The summed E-state index contributed by atoms with van der Waals surface area (Å²) in [4.78, 5) is 19.6. The van der Waals surface area contributed by atoms with Gasteiger partial charge in [0, 0.05) is 17.8 Å². The van der Waals surface area contributed by atoms with Crippen LogP contribution in [0.4, 0.5) is 25.0 Å². The number of pyridine rings is 1. The zero-order valence-electron chi connectivity index (χ0n) is 19.7. The van der Waals surface area contributed by atoms with E-state index in [2.05, 4.69) is 31.1 Å². The largest absolute Gasteiger partial charge is 0.481 e. The maximum Gasteiger partial charge on any atom is 0.326 e. The molecule has 0 bridgehead atoms. The summed E-state index contributed by atoms with van der Waals surface area (Å²) >= 11 is 0. The maximum atomic E-state index is 13.7. The zero-order valence-corrected chi connectivity index (χ0v) is 19.7. The topological polar surface area (TPSA) is 63.7 Å². The lowest BCUT2D eigenvalue weighted by Crippen LogP contribution is -2.45. The molecule has 0 aliphatic heterocycles. The van der Waals surface area contributed by atoms with E-state index >= 15 is 0 Å². The van der Waals surface area contributed by atoms with Gasteiger partial charge in [-0.3, -0.25) is 4.90 Å². The van der Waals surface area contributed by atoms with Crippen LogP contribution in [0.5, 0.6) is 11.8 Å². The van der Waals surface area contributed by atoms with Gasteiger partial charge >= 0.3 is 6.03 Å². The number of amides is 2. The van der Waals surface area contributed by atoms with Crippen molar-refractivity contribution in [3.8, 4) is 11.8 Å². The van der Waals surface area contributed by atoms with E-state index in [-0.39, 0.29) is 35.4 Å². The third-order valence-corrected chi connectivity index (χ3v) is 6.02. The van der Waals surface area contributed by atoms with E-state index in [4.69, 9.17) is 9.47 Å². The van der Waals surface area contributed by atoms with Gasteiger partial charge in [-0.1, -0.05) is 39.0 Å². The van der Waals surface area contributed by atoms with Crippen LogP contribution in [-0.4, -0.2) is 37.2 Å². The molecule has 0 atom stereocenters. The molecule has 0 saturated heterocycles. The van der Waals surface area contributed by atoms with E-state index < -0.39 is 13.0 Å². The lowest BCUT2D eigenvalue weighted by molar-refractivity contribution is 0.0796. The molecule has 1 fully saturated rings. The zero-order chi connectivity index (χ0) is 24.0. The molecule has 1 aliphatic rings. The van der Waals surface area contributed by atoms with Gasteiger partial charge < -0.3 is 14.8 Å². The standard InChI is InChI=1S/C25H33F2N3O3/c1-16(2)19-7-5-6-8-21(19)30(18-11-9-17(3)10-12-18)25(31)28-20-13-14-23(32-4)29-24(20)33-15-22(26)27/h5-8,13-14,16-18,22H,9-12,15H2,1-4H3,(H,28,31). The van der Waals surface area contributed by atoms with Gasteiger partial charge in [-0.2, -0.15) is 4.98 Å². The molecule has 1 N–H and O–H groups in total. The fourth-order valence-electron chi connectivity index (χ4n) is 4.23. The third-order valence-electron chi connectivity index (χ3n) is 6.02. The smallest absolute Gasteiger partial charge is 0.326 e. The lowest BCUT2D eigenvalue weighted by Gasteiger charge is -2.37. The Morgan fingerprint density at radius 1 is 1.15 bits per heavy atom. The minimum atomic E-state index is -2.67. The molecule has 0 spiro atoms. The van der Waals surface area contributed by atoms with Crippen molar-refractivity contribution >= 4 is 17.4 Å². The number of carbonyl (C=O) groups excluding carboxylic acids is 1. The number of para-hydroxylation sites is 1. The highest BCUT2D eigenvalue weighted by molar-refractivity contribution is 6.03. The van der Waals surface area contributed by atoms with E-state index in [0.29, 0.717) is 5.92 Å². The van der Waals surface area contributed by atoms with Crippen LogP contribution in [0.1, 0.15) is 57.9 Å². The summed E-state index contributed by atoms with van der Waals surface area (Å²) in [6, 6.07) is 10.7. The Kier molecular flexibility index (Phi) is 8.47. The van der Waals surface area contributed by atoms with Crippen LogP contribution in [0.3, 0.4) is 0 Å².